The second kappa shape index (κ2) is 11.0. The first-order chi connectivity index (χ1) is 20.0. The first-order valence-electron chi connectivity index (χ1n) is 12.4. The number of carbonyl (C=O) groups is 1. The molecular formula is C31H18F6N4O. The van der Waals surface area contributed by atoms with E-state index in [4.69, 9.17) is 0 Å². The number of alkyl halides is 6. The molecule has 0 saturated carbocycles. The highest BCUT2D eigenvalue weighted by Gasteiger charge is 2.37. The van der Waals surface area contributed by atoms with Crippen LogP contribution in [0.2, 0.25) is 0 Å². The molecule has 5 aromatic rings. The topological polar surface area (TPSA) is 71.6 Å². The van der Waals surface area contributed by atoms with Gasteiger partial charge in [-0.3, -0.25) is 4.79 Å². The molecule has 11 heteroatoms. The van der Waals surface area contributed by atoms with Crippen molar-refractivity contribution >= 4 is 5.78 Å². The summed E-state index contributed by atoms with van der Waals surface area (Å²) in [7, 11) is 0. The van der Waals surface area contributed by atoms with E-state index < -0.39 is 35.8 Å². The Bertz CT molecular complexity index is 1790. The van der Waals surface area contributed by atoms with Crippen molar-refractivity contribution < 1.29 is 31.1 Å². The Kier molecular flexibility index (Phi) is 7.39. The molecule has 0 saturated heterocycles. The highest BCUT2D eigenvalue weighted by Crippen LogP contribution is 2.38. The number of rotatable bonds is 6. The largest absolute Gasteiger partial charge is 0.416 e. The molecule has 0 aliphatic carbocycles. The first-order valence-corrected chi connectivity index (χ1v) is 12.4. The van der Waals surface area contributed by atoms with Gasteiger partial charge in [0.1, 0.15) is 5.69 Å². The molecule has 0 fully saturated rings. The molecule has 5 rings (SSSR count). The molecule has 0 aliphatic heterocycles. The van der Waals surface area contributed by atoms with Gasteiger partial charge in [-0.05, 0) is 35.9 Å². The number of halogens is 6. The van der Waals surface area contributed by atoms with Crippen LogP contribution < -0.4 is 0 Å². The van der Waals surface area contributed by atoms with Crippen LogP contribution in [0.25, 0.3) is 22.5 Å². The van der Waals surface area contributed by atoms with Gasteiger partial charge in [-0.25, -0.2) is 4.68 Å². The van der Waals surface area contributed by atoms with E-state index in [-0.39, 0.29) is 39.7 Å². The van der Waals surface area contributed by atoms with Crippen molar-refractivity contribution in [1.82, 2.24) is 15.0 Å². The molecule has 0 aliphatic rings. The van der Waals surface area contributed by atoms with E-state index in [2.05, 4.69) is 10.3 Å². The monoisotopic (exact) mass is 576 g/mol. The molecule has 5 nitrogen and oxygen atoms in total. The molecule has 42 heavy (non-hydrogen) atoms. The summed E-state index contributed by atoms with van der Waals surface area (Å²) in [5.41, 5.74) is -1.39. The summed E-state index contributed by atoms with van der Waals surface area (Å²) in [4.78, 5) is 13.6. The number of hydrogen-bond acceptors (Lipinski definition) is 4. The van der Waals surface area contributed by atoms with Gasteiger partial charge in [-0.1, -0.05) is 71.9 Å². The summed E-state index contributed by atoms with van der Waals surface area (Å²) < 4.78 is 82.2. The van der Waals surface area contributed by atoms with E-state index in [1.807, 2.05) is 6.07 Å². The van der Waals surface area contributed by atoms with Crippen LogP contribution in [0.15, 0.2) is 97.1 Å². The maximum absolute atomic E-state index is 13.6. The number of nitrogens with zero attached hydrogens (tertiary/aromatic N) is 4. The fraction of sp³-hybridized carbons (Fsp3) is 0.0968. The molecule has 0 spiro atoms. The molecule has 1 aromatic heterocycles. The predicted molar refractivity (Wildman–Crippen MR) is 141 cm³/mol. The van der Waals surface area contributed by atoms with Crippen molar-refractivity contribution in [3.8, 4) is 28.6 Å². The second-order valence-electron chi connectivity index (χ2n) is 9.26. The minimum atomic E-state index is -5.01. The van der Waals surface area contributed by atoms with E-state index in [0.717, 1.165) is 0 Å². The zero-order valence-electron chi connectivity index (χ0n) is 21.4. The number of nitriles is 1. The van der Waals surface area contributed by atoms with Crippen LogP contribution in [-0.2, 0) is 18.9 Å². The van der Waals surface area contributed by atoms with Crippen LogP contribution in [0.4, 0.5) is 26.3 Å². The van der Waals surface area contributed by atoms with E-state index >= 15 is 0 Å². The van der Waals surface area contributed by atoms with E-state index in [1.54, 1.807) is 66.7 Å². The smallest absolute Gasteiger partial charge is 0.289 e. The van der Waals surface area contributed by atoms with Crippen LogP contribution in [-0.4, -0.2) is 20.8 Å². The minimum Gasteiger partial charge on any atom is -0.289 e. The first kappa shape index (κ1) is 28.3. The van der Waals surface area contributed by atoms with Gasteiger partial charge in [0.25, 0.3) is 0 Å². The van der Waals surface area contributed by atoms with Crippen LogP contribution in [0.3, 0.4) is 0 Å². The molecule has 0 radical (unpaired) electrons. The van der Waals surface area contributed by atoms with Crippen LogP contribution in [0.1, 0.15) is 38.2 Å². The Morgan fingerprint density at radius 3 is 1.95 bits per heavy atom. The Morgan fingerprint density at radius 2 is 1.33 bits per heavy atom. The maximum atomic E-state index is 13.6. The van der Waals surface area contributed by atoms with Crippen molar-refractivity contribution in [2.75, 3.05) is 0 Å². The standard InChI is InChI=1S/C31H18F6N4O/c32-30(33,34)22-14-19(15-23(16-22)31(35,36)37)18-41-28(20-8-2-1-3-9-20)27(39-40-41)25-12-6-7-13-26(25)29(42)24-11-5-4-10-21(24)17-38/h1-16H,18H2. The molecule has 4 aromatic carbocycles. The van der Waals surface area contributed by atoms with Gasteiger partial charge in [0.15, 0.2) is 5.78 Å². The number of ketones is 1. The number of carbonyl (C=O) groups excluding carboxylic acids is 1. The highest BCUT2D eigenvalue weighted by atomic mass is 19.4. The third kappa shape index (κ3) is 5.65. The predicted octanol–water partition coefficient (Wildman–Crippen LogP) is 7.80. The zero-order chi connectivity index (χ0) is 30.1. The Labute approximate surface area is 235 Å². The quantitative estimate of drug-likeness (QED) is 0.153. The van der Waals surface area contributed by atoms with Gasteiger partial charge in [0, 0.05) is 22.3 Å². The SMILES string of the molecule is N#Cc1ccccc1C(=O)c1ccccc1-c1nnn(Cc2cc(C(F)(F)F)cc(C(F)(F)F)c2)c1-c1ccccc1. The van der Waals surface area contributed by atoms with E-state index in [9.17, 15) is 36.4 Å². The van der Waals surface area contributed by atoms with Crippen LogP contribution in [0, 0.1) is 11.3 Å². The van der Waals surface area contributed by atoms with Gasteiger partial charge < -0.3 is 0 Å². The lowest BCUT2D eigenvalue weighted by Crippen LogP contribution is -2.13. The third-order valence-corrected chi connectivity index (χ3v) is 6.48. The minimum absolute atomic E-state index is 0.0648. The average molecular weight is 577 g/mol. The molecule has 0 amide bonds. The molecule has 0 bridgehead atoms. The van der Waals surface area contributed by atoms with Crippen LogP contribution >= 0.6 is 0 Å². The third-order valence-electron chi connectivity index (χ3n) is 6.48. The number of aromatic nitrogens is 3. The molecule has 1 heterocycles. The van der Waals surface area contributed by atoms with Gasteiger partial charge in [0.2, 0.25) is 0 Å². The van der Waals surface area contributed by atoms with Gasteiger partial charge in [0.05, 0.1) is 35.0 Å². The Morgan fingerprint density at radius 1 is 0.762 bits per heavy atom. The lowest BCUT2D eigenvalue weighted by Gasteiger charge is -2.15. The fourth-order valence-electron chi connectivity index (χ4n) is 4.58. The van der Waals surface area contributed by atoms with Crippen molar-refractivity contribution in [2.45, 2.75) is 18.9 Å². The fourth-order valence-corrected chi connectivity index (χ4v) is 4.58. The zero-order valence-corrected chi connectivity index (χ0v) is 21.4. The second-order valence-corrected chi connectivity index (χ2v) is 9.26. The normalized spacial score (nSPS) is 11.7. The van der Waals surface area contributed by atoms with Crippen molar-refractivity contribution in [3.05, 3.63) is 130 Å². The Hall–Kier alpha value is -5.24. The molecular weight excluding hydrogens is 558 g/mol. The lowest BCUT2D eigenvalue weighted by molar-refractivity contribution is -0.143. The highest BCUT2D eigenvalue weighted by molar-refractivity contribution is 6.14. The number of benzene rings is 4. The molecule has 210 valence electrons. The summed E-state index contributed by atoms with van der Waals surface area (Å²) in [6.45, 7) is -0.475. The summed E-state index contributed by atoms with van der Waals surface area (Å²) in [6.07, 6.45) is -10.0. The van der Waals surface area contributed by atoms with Crippen molar-refractivity contribution in [2.24, 2.45) is 0 Å². The average Bonchev–Trinajstić information content (AvgIpc) is 3.39. The van der Waals surface area contributed by atoms with E-state index in [1.165, 1.54) is 16.8 Å². The van der Waals surface area contributed by atoms with E-state index in [0.29, 0.717) is 23.3 Å². The van der Waals surface area contributed by atoms with Gasteiger partial charge >= 0.3 is 12.4 Å². The summed E-state index contributed by atoms with van der Waals surface area (Å²) in [5.74, 6) is -0.469. The summed E-state index contributed by atoms with van der Waals surface area (Å²) >= 11 is 0. The number of hydrogen-bond donors (Lipinski definition) is 0. The Balaban J connectivity index is 1.67. The molecule has 0 atom stereocenters. The van der Waals surface area contributed by atoms with Crippen molar-refractivity contribution in [1.29, 1.82) is 5.26 Å². The lowest BCUT2D eigenvalue weighted by atomic mass is 9.93. The molecule has 0 unspecified atom stereocenters. The summed E-state index contributed by atoms with van der Waals surface area (Å²) in [5, 5.41) is 17.8. The molecule has 0 N–H and O–H groups in total. The summed E-state index contributed by atoms with van der Waals surface area (Å²) in [6, 6.07) is 24.5. The van der Waals surface area contributed by atoms with Gasteiger partial charge in [-0.2, -0.15) is 31.6 Å². The maximum Gasteiger partial charge on any atom is 0.416 e. The van der Waals surface area contributed by atoms with Gasteiger partial charge in [-0.15, -0.1) is 5.10 Å². The van der Waals surface area contributed by atoms with Crippen LogP contribution in [0.5, 0.6) is 0 Å². The van der Waals surface area contributed by atoms with Crippen molar-refractivity contribution in [3.63, 3.8) is 0 Å².